The van der Waals surface area contributed by atoms with Crippen molar-refractivity contribution in [1.29, 1.82) is 0 Å². The average Bonchev–Trinajstić information content (AvgIpc) is 2.38. The number of carbonyl (C=O) groups is 1. The van der Waals surface area contributed by atoms with Gasteiger partial charge in [0.1, 0.15) is 0 Å². The van der Waals surface area contributed by atoms with Crippen LogP contribution in [0, 0.1) is 0 Å². The molecule has 2 nitrogen and oxygen atoms in total. The summed E-state index contributed by atoms with van der Waals surface area (Å²) in [7, 11) is 0. The van der Waals surface area contributed by atoms with Crippen LogP contribution in [0.5, 0.6) is 0 Å². The Labute approximate surface area is 107 Å². The minimum absolute atomic E-state index is 0.242. The third kappa shape index (κ3) is 3.13. The SMILES string of the molecule is C=CCSCC(=O)N1CCc2ccccc2C1. The Morgan fingerprint density at radius 1 is 1.41 bits per heavy atom. The number of fused-ring (bicyclic) bond motifs is 1. The van der Waals surface area contributed by atoms with Crippen LogP contribution in [0.4, 0.5) is 0 Å². The van der Waals surface area contributed by atoms with E-state index in [9.17, 15) is 4.79 Å². The highest BCUT2D eigenvalue weighted by atomic mass is 32.2. The molecule has 1 heterocycles. The molecule has 0 bridgehead atoms. The van der Waals surface area contributed by atoms with E-state index < -0.39 is 0 Å². The summed E-state index contributed by atoms with van der Waals surface area (Å²) < 4.78 is 0. The smallest absolute Gasteiger partial charge is 0.232 e. The van der Waals surface area contributed by atoms with Gasteiger partial charge in [-0.15, -0.1) is 18.3 Å². The summed E-state index contributed by atoms with van der Waals surface area (Å²) in [4.78, 5) is 13.9. The van der Waals surface area contributed by atoms with E-state index in [-0.39, 0.29) is 5.91 Å². The third-order valence-corrected chi connectivity index (χ3v) is 3.87. The number of amides is 1. The second-order valence-electron chi connectivity index (χ2n) is 4.14. The van der Waals surface area contributed by atoms with Gasteiger partial charge in [-0.05, 0) is 17.5 Å². The van der Waals surface area contributed by atoms with Gasteiger partial charge in [0.05, 0.1) is 5.75 Å². The summed E-state index contributed by atoms with van der Waals surface area (Å²) in [6.07, 6.45) is 2.82. The fourth-order valence-electron chi connectivity index (χ4n) is 2.03. The fraction of sp³-hybridized carbons (Fsp3) is 0.357. The molecule has 1 aliphatic heterocycles. The molecule has 0 atom stereocenters. The van der Waals surface area contributed by atoms with Crippen molar-refractivity contribution < 1.29 is 4.79 Å². The predicted octanol–water partition coefficient (Wildman–Crippen LogP) is 2.49. The zero-order valence-electron chi connectivity index (χ0n) is 9.89. The summed E-state index contributed by atoms with van der Waals surface area (Å²) in [5.74, 6) is 1.65. The molecule has 0 spiro atoms. The lowest BCUT2D eigenvalue weighted by Crippen LogP contribution is -2.37. The molecule has 0 aliphatic carbocycles. The molecule has 0 fully saturated rings. The minimum atomic E-state index is 0.242. The second-order valence-corrected chi connectivity index (χ2v) is 5.17. The Hall–Kier alpha value is -1.22. The quantitative estimate of drug-likeness (QED) is 0.602. The number of hydrogen-bond donors (Lipinski definition) is 0. The number of benzene rings is 1. The molecular formula is C14H17NOS. The van der Waals surface area contributed by atoms with Gasteiger partial charge in [0.15, 0.2) is 0 Å². The van der Waals surface area contributed by atoms with Gasteiger partial charge in [-0.1, -0.05) is 30.3 Å². The van der Waals surface area contributed by atoms with Crippen LogP contribution < -0.4 is 0 Å². The minimum Gasteiger partial charge on any atom is -0.337 e. The van der Waals surface area contributed by atoms with E-state index in [0.29, 0.717) is 5.75 Å². The molecule has 90 valence electrons. The standard InChI is InChI=1S/C14H17NOS/c1-2-9-17-11-14(16)15-8-7-12-5-3-4-6-13(12)10-15/h2-6H,1,7-11H2. The summed E-state index contributed by atoms with van der Waals surface area (Å²) >= 11 is 1.63. The van der Waals surface area contributed by atoms with Crippen molar-refractivity contribution in [2.45, 2.75) is 13.0 Å². The topological polar surface area (TPSA) is 20.3 Å². The van der Waals surface area contributed by atoms with Gasteiger partial charge in [-0.3, -0.25) is 4.79 Å². The second kappa shape index (κ2) is 5.92. The molecule has 0 saturated heterocycles. The van der Waals surface area contributed by atoms with Gasteiger partial charge >= 0.3 is 0 Å². The van der Waals surface area contributed by atoms with Gasteiger partial charge in [0.25, 0.3) is 0 Å². The first-order chi connectivity index (χ1) is 8.31. The van der Waals surface area contributed by atoms with Crippen molar-refractivity contribution in [1.82, 2.24) is 4.90 Å². The van der Waals surface area contributed by atoms with Gasteiger partial charge in [0, 0.05) is 18.8 Å². The van der Waals surface area contributed by atoms with Crippen molar-refractivity contribution >= 4 is 17.7 Å². The summed E-state index contributed by atoms with van der Waals surface area (Å²) in [6, 6.07) is 8.38. The normalized spacial score (nSPS) is 14.2. The number of hydrogen-bond acceptors (Lipinski definition) is 2. The van der Waals surface area contributed by atoms with Crippen molar-refractivity contribution in [3.8, 4) is 0 Å². The van der Waals surface area contributed by atoms with E-state index in [1.54, 1.807) is 11.8 Å². The van der Waals surface area contributed by atoms with Crippen LogP contribution in [0.25, 0.3) is 0 Å². The molecule has 0 unspecified atom stereocenters. The van der Waals surface area contributed by atoms with Crippen molar-refractivity contribution in [3.63, 3.8) is 0 Å². The van der Waals surface area contributed by atoms with Gasteiger partial charge in [0.2, 0.25) is 5.91 Å². The van der Waals surface area contributed by atoms with Crippen molar-refractivity contribution in [2.75, 3.05) is 18.1 Å². The summed E-state index contributed by atoms with van der Waals surface area (Å²) in [6.45, 7) is 5.27. The molecule has 2 rings (SSSR count). The number of nitrogens with zero attached hydrogens (tertiary/aromatic N) is 1. The molecule has 3 heteroatoms. The summed E-state index contributed by atoms with van der Waals surface area (Å²) in [5, 5.41) is 0. The first kappa shape index (κ1) is 12.2. The van der Waals surface area contributed by atoms with Crippen LogP contribution in [0.15, 0.2) is 36.9 Å². The Bertz CT molecular complexity index is 416. The highest BCUT2D eigenvalue weighted by Gasteiger charge is 2.19. The van der Waals surface area contributed by atoms with Crippen LogP contribution in [-0.4, -0.2) is 28.9 Å². The fourth-order valence-corrected chi connectivity index (χ4v) is 2.67. The van der Waals surface area contributed by atoms with E-state index in [0.717, 1.165) is 25.3 Å². The number of thioether (sulfide) groups is 1. The van der Waals surface area contributed by atoms with Gasteiger partial charge in [-0.2, -0.15) is 0 Å². The average molecular weight is 247 g/mol. The maximum atomic E-state index is 12.0. The molecule has 0 aromatic heterocycles. The molecular weight excluding hydrogens is 230 g/mol. The third-order valence-electron chi connectivity index (χ3n) is 2.94. The van der Waals surface area contributed by atoms with Crippen LogP contribution in [0.2, 0.25) is 0 Å². The Balaban J connectivity index is 1.93. The van der Waals surface area contributed by atoms with Crippen molar-refractivity contribution in [3.05, 3.63) is 48.0 Å². The zero-order valence-corrected chi connectivity index (χ0v) is 10.7. The van der Waals surface area contributed by atoms with Crippen LogP contribution in [-0.2, 0) is 17.8 Å². The first-order valence-electron chi connectivity index (χ1n) is 5.84. The van der Waals surface area contributed by atoms with E-state index in [1.165, 1.54) is 11.1 Å². The zero-order chi connectivity index (χ0) is 12.1. The maximum Gasteiger partial charge on any atom is 0.232 e. The Kier molecular flexibility index (Phi) is 4.26. The molecule has 1 aromatic rings. The van der Waals surface area contributed by atoms with Crippen LogP contribution in [0.1, 0.15) is 11.1 Å². The lowest BCUT2D eigenvalue weighted by atomic mass is 10.00. The molecule has 0 radical (unpaired) electrons. The molecule has 0 saturated carbocycles. The van der Waals surface area contributed by atoms with E-state index in [1.807, 2.05) is 17.0 Å². The Morgan fingerprint density at radius 2 is 2.18 bits per heavy atom. The molecule has 1 amide bonds. The number of carbonyl (C=O) groups excluding carboxylic acids is 1. The monoisotopic (exact) mass is 247 g/mol. The van der Waals surface area contributed by atoms with Gasteiger partial charge < -0.3 is 4.90 Å². The van der Waals surface area contributed by atoms with Gasteiger partial charge in [-0.25, -0.2) is 0 Å². The van der Waals surface area contributed by atoms with E-state index in [4.69, 9.17) is 0 Å². The molecule has 1 aromatic carbocycles. The lowest BCUT2D eigenvalue weighted by molar-refractivity contribution is -0.129. The largest absolute Gasteiger partial charge is 0.337 e. The predicted molar refractivity (Wildman–Crippen MR) is 73.1 cm³/mol. The van der Waals surface area contributed by atoms with E-state index >= 15 is 0 Å². The number of rotatable bonds is 4. The maximum absolute atomic E-state index is 12.0. The highest BCUT2D eigenvalue weighted by Crippen LogP contribution is 2.19. The van der Waals surface area contributed by atoms with E-state index in [2.05, 4.69) is 24.8 Å². The molecule has 1 aliphatic rings. The molecule has 0 N–H and O–H groups in total. The van der Waals surface area contributed by atoms with Crippen LogP contribution >= 0.6 is 11.8 Å². The Morgan fingerprint density at radius 3 is 2.94 bits per heavy atom. The van der Waals surface area contributed by atoms with Crippen LogP contribution in [0.3, 0.4) is 0 Å². The molecule has 17 heavy (non-hydrogen) atoms. The lowest BCUT2D eigenvalue weighted by Gasteiger charge is -2.28. The highest BCUT2D eigenvalue weighted by molar-refractivity contribution is 8.00. The summed E-state index contributed by atoms with van der Waals surface area (Å²) in [5.41, 5.74) is 2.68. The van der Waals surface area contributed by atoms with Crippen molar-refractivity contribution in [2.24, 2.45) is 0 Å². The first-order valence-corrected chi connectivity index (χ1v) is 7.00.